The molecule has 0 spiro atoms. The fraction of sp³-hybridized carbons (Fsp3) is 0.889. The number of amides is 1. The van der Waals surface area contributed by atoms with E-state index in [-0.39, 0.29) is 18.1 Å². The van der Waals surface area contributed by atoms with Crippen molar-refractivity contribution in [1.29, 1.82) is 0 Å². The van der Waals surface area contributed by atoms with Crippen molar-refractivity contribution in [3.63, 3.8) is 0 Å². The topological polar surface area (TPSA) is 61.4 Å². The van der Waals surface area contributed by atoms with Crippen molar-refractivity contribution in [3.8, 4) is 0 Å². The lowest BCUT2D eigenvalue weighted by atomic mass is 10.2. The molecule has 78 valence electrons. The fourth-order valence-corrected chi connectivity index (χ4v) is 0.877. The number of aliphatic hydroxyl groups excluding tert-OH is 1. The van der Waals surface area contributed by atoms with E-state index in [2.05, 4.69) is 10.6 Å². The summed E-state index contributed by atoms with van der Waals surface area (Å²) >= 11 is 0. The molecule has 0 fully saturated rings. The molecule has 0 aromatic carbocycles. The highest BCUT2D eigenvalue weighted by atomic mass is 16.3. The van der Waals surface area contributed by atoms with Gasteiger partial charge in [0.15, 0.2) is 0 Å². The van der Waals surface area contributed by atoms with Gasteiger partial charge in [-0.15, -0.1) is 0 Å². The first kappa shape index (κ1) is 12.4. The Morgan fingerprint density at radius 3 is 2.54 bits per heavy atom. The number of aliphatic hydroxyl groups is 1. The van der Waals surface area contributed by atoms with Gasteiger partial charge in [-0.25, -0.2) is 0 Å². The van der Waals surface area contributed by atoms with E-state index in [4.69, 9.17) is 0 Å². The molecule has 3 N–H and O–H groups in total. The van der Waals surface area contributed by atoms with Crippen LogP contribution in [0.2, 0.25) is 0 Å². The highest BCUT2D eigenvalue weighted by Gasteiger charge is 2.11. The van der Waals surface area contributed by atoms with Crippen LogP contribution in [-0.2, 0) is 4.79 Å². The molecule has 0 heterocycles. The molecule has 0 saturated heterocycles. The van der Waals surface area contributed by atoms with Crippen molar-refractivity contribution in [1.82, 2.24) is 10.6 Å². The maximum atomic E-state index is 11.2. The lowest BCUT2D eigenvalue weighted by Gasteiger charge is -2.15. The fourth-order valence-electron chi connectivity index (χ4n) is 0.877. The van der Waals surface area contributed by atoms with Crippen LogP contribution in [0, 0.1) is 0 Å². The molecular weight excluding hydrogens is 168 g/mol. The molecule has 0 aromatic rings. The highest BCUT2D eigenvalue weighted by Crippen LogP contribution is 1.88. The quantitative estimate of drug-likeness (QED) is 0.544. The Bertz CT molecular complexity index is 151. The number of rotatable bonds is 6. The minimum atomic E-state index is -0.364. The summed E-state index contributed by atoms with van der Waals surface area (Å²) in [6.45, 7) is 6.68. The monoisotopic (exact) mass is 188 g/mol. The second-order valence-electron chi connectivity index (χ2n) is 3.09. The average Bonchev–Trinajstić information content (AvgIpc) is 2.13. The zero-order valence-electron chi connectivity index (χ0n) is 8.63. The van der Waals surface area contributed by atoms with Crippen molar-refractivity contribution >= 4 is 5.91 Å². The number of carbonyl (C=O) groups excluding carboxylic acids is 1. The maximum absolute atomic E-state index is 11.2. The average molecular weight is 188 g/mol. The summed E-state index contributed by atoms with van der Waals surface area (Å²) in [6.07, 6.45) is 0.339. The summed E-state index contributed by atoms with van der Waals surface area (Å²) in [6, 6.07) is -0.235. The van der Waals surface area contributed by atoms with Crippen molar-refractivity contribution < 1.29 is 9.90 Å². The molecule has 0 aromatic heterocycles. The normalized spacial score (nSPS) is 15.1. The molecule has 0 rings (SSSR count). The van der Waals surface area contributed by atoms with Crippen molar-refractivity contribution in [2.24, 2.45) is 0 Å². The number of nitrogens with one attached hydrogen (secondary N) is 2. The molecule has 4 heteroatoms. The predicted octanol–water partition coefficient (Wildman–Crippen LogP) is -0.128. The van der Waals surface area contributed by atoms with Crippen molar-refractivity contribution in [2.45, 2.75) is 39.3 Å². The minimum absolute atomic E-state index is 0.0224. The van der Waals surface area contributed by atoms with Crippen molar-refractivity contribution in [2.75, 3.05) is 13.1 Å². The van der Waals surface area contributed by atoms with E-state index in [0.29, 0.717) is 19.5 Å². The summed E-state index contributed by atoms with van der Waals surface area (Å²) in [5.41, 5.74) is 0. The SMILES string of the molecule is CCNC(=O)C(C)NCC(O)CC. The van der Waals surface area contributed by atoms with Crippen LogP contribution in [-0.4, -0.2) is 36.2 Å². The zero-order valence-corrected chi connectivity index (χ0v) is 8.63. The highest BCUT2D eigenvalue weighted by molar-refractivity contribution is 5.81. The van der Waals surface area contributed by atoms with E-state index in [0.717, 1.165) is 0 Å². The molecule has 1 amide bonds. The molecule has 13 heavy (non-hydrogen) atoms. The van der Waals surface area contributed by atoms with Gasteiger partial charge in [0.1, 0.15) is 0 Å². The van der Waals surface area contributed by atoms with Gasteiger partial charge in [0.05, 0.1) is 12.1 Å². The standard InChI is InChI=1S/C9H20N2O2/c1-4-8(12)6-11-7(3)9(13)10-5-2/h7-8,11-12H,4-6H2,1-3H3,(H,10,13). The van der Waals surface area contributed by atoms with Gasteiger partial charge >= 0.3 is 0 Å². The second-order valence-corrected chi connectivity index (χ2v) is 3.09. The molecule has 0 bridgehead atoms. The number of carbonyl (C=O) groups is 1. The van der Waals surface area contributed by atoms with Gasteiger partial charge in [0.25, 0.3) is 0 Å². The Labute approximate surface area is 79.7 Å². The molecular formula is C9H20N2O2. The first-order chi connectivity index (χ1) is 6.11. The van der Waals surface area contributed by atoms with Crippen LogP contribution in [0.15, 0.2) is 0 Å². The van der Waals surface area contributed by atoms with E-state index in [1.807, 2.05) is 13.8 Å². The lowest BCUT2D eigenvalue weighted by Crippen LogP contribution is -2.44. The van der Waals surface area contributed by atoms with Gasteiger partial charge < -0.3 is 15.7 Å². The number of likely N-dealkylation sites (N-methyl/N-ethyl adjacent to an activating group) is 1. The van der Waals surface area contributed by atoms with E-state index < -0.39 is 0 Å². The summed E-state index contributed by atoms with van der Waals surface area (Å²) in [4.78, 5) is 11.2. The van der Waals surface area contributed by atoms with Gasteiger partial charge in [0.2, 0.25) is 5.91 Å². The lowest BCUT2D eigenvalue weighted by molar-refractivity contribution is -0.122. The first-order valence-electron chi connectivity index (χ1n) is 4.80. The molecule has 2 atom stereocenters. The minimum Gasteiger partial charge on any atom is -0.392 e. The van der Waals surface area contributed by atoms with Crippen molar-refractivity contribution in [3.05, 3.63) is 0 Å². The van der Waals surface area contributed by atoms with Crippen LogP contribution in [0.1, 0.15) is 27.2 Å². The Hall–Kier alpha value is -0.610. The van der Waals surface area contributed by atoms with Gasteiger partial charge in [-0.1, -0.05) is 6.92 Å². The third-order valence-electron chi connectivity index (χ3n) is 1.88. The van der Waals surface area contributed by atoms with E-state index in [9.17, 15) is 9.90 Å². The molecule has 0 aliphatic heterocycles. The van der Waals surface area contributed by atoms with E-state index >= 15 is 0 Å². The Kier molecular flexibility index (Phi) is 6.54. The number of hydrogen-bond donors (Lipinski definition) is 3. The smallest absolute Gasteiger partial charge is 0.236 e. The van der Waals surface area contributed by atoms with Crippen LogP contribution < -0.4 is 10.6 Å². The van der Waals surface area contributed by atoms with Gasteiger partial charge in [-0.2, -0.15) is 0 Å². The van der Waals surface area contributed by atoms with E-state index in [1.54, 1.807) is 6.92 Å². The van der Waals surface area contributed by atoms with Crippen LogP contribution in [0.3, 0.4) is 0 Å². The third kappa shape index (κ3) is 5.60. The molecule has 2 unspecified atom stereocenters. The summed E-state index contributed by atoms with van der Waals surface area (Å²) in [5.74, 6) is -0.0224. The third-order valence-corrected chi connectivity index (χ3v) is 1.88. The zero-order chi connectivity index (χ0) is 10.3. The van der Waals surface area contributed by atoms with Crippen LogP contribution in [0.25, 0.3) is 0 Å². The van der Waals surface area contributed by atoms with Crippen LogP contribution >= 0.6 is 0 Å². The largest absolute Gasteiger partial charge is 0.392 e. The van der Waals surface area contributed by atoms with E-state index in [1.165, 1.54) is 0 Å². The summed E-state index contributed by atoms with van der Waals surface area (Å²) < 4.78 is 0. The number of hydrogen-bond acceptors (Lipinski definition) is 3. The predicted molar refractivity (Wildman–Crippen MR) is 52.4 cm³/mol. The van der Waals surface area contributed by atoms with Gasteiger partial charge in [-0.05, 0) is 20.3 Å². The molecule has 0 radical (unpaired) electrons. The van der Waals surface area contributed by atoms with Crippen LogP contribution in [0.4, 0.5) is 0 Å². The summed E-state index contributed by atoms with van der Waals surface area (Å²) in [5, 5.41) is 14.9. The Balaban J connectivity index is 3.60. The Morgan fingerprint density at radius 1 is 1.46 bits per heavy atom. The molecule has 0 saturated carbocycles. The molecule has 4 nitrogen and oxygen atoms in total. The second kappa shape index (κ2) is 6.86. The maximum Gasteiger partial charge on any atom is 0.236 e. The van der Waals surface area contributed by atoms with Gasteiger partial charge in [0, 0.05) is 13.1 Å². The Morgan fingerprint density at radius 2 is 2.08 bits per heavy atom. The molecule has 0 aliphatic carbocycles. The van der Waals surface area contributed by atoms with Gasteiger partial charge in [-0.3, -0.25) is 4.79 Å². The first-order valence-corrected chi connectivity index (χ1v) is 4.80. The summed E-state index contributed by atoms with van der Waals surface area (Å²) in [7, 11) is 0. The van der Waals surface area contributed by atoms with Crippen LogP contribution in [0.5, 0.6) is 0 Å². The molecule has 0 aliphatic rings.